The van der Waals surface area contributed by atoms with Crippen LogP contribution < -0.4 is 5.32 Å². The van der Waals surface area contributed by atoms with Gasteiger partial charge in [0.2, 0.25) is 5.82 Å². The van der Waals surface area contributed by atoms with Crippen molar-refractivity contribution in [2.24, 2.45) is 0 Å². The van der Waals surface area contributed by atoms with E-state index in [4.69, 9.17) is 4.52 Å². The molecule has 0 spiro atoms. The molecule has 0 saturated carbocycles. The van der Waals surface area contributed by atoms with Crippen molar-refractivity contribution in [2.75, 3.05) is 5.32 Å². The van der Waals surface area contributed by atoms with Gasteiger partial charge in [0, 0.05) is 5.56 Å². The average molecular weight is 381 g/mol. The number of carbonyl (C=O) groups excluding carboxylic acids is 1. The summed E-state index contributed by atoms with van der Waals surface area (Å²) in [5.74, 6) is 0.795. The smallest absolute Gasteiger partial charge is 0.270 e. The minimum absolute atomic E-state index is 0.129. The van der Waals surface area contributed by atoms with Crippen LogP contribution in [0.1, 0.15) is 20.8 Å². The lowest BCUT2D eigenvalue weighted by atomic mass is 10.1. The first-order valence-corrected chi connectivity index (χ1v) is 9.72. The molecule has 0 radical (unpaired) electrons. The summed E-state index contributed by atoms with van der Waals surface area (Å²) in [6.45, 7) is 3.95. The molecule has 0 saturated heterocycles. The van der Waals surface area contributed by atoms with Gasteiger partial charge in [0.15, 0.2) is 0 Å². The van der Waals surface area contributed by atoms with Crippen LogP contribution >= 0.6 is 22.7 Å². The number of carbonyl (C=O) groups is 1. The Bertz CT molecular complexity index is 1060. The Balaban J connectivity index is 1.60. The van der Waals surface area contributed by atoms with Gasteiger partial charge < -0.3 is 9.84 Å². The van der Waals surface area contributed by atoms with Gasteiger partial charge in [-0.05, 0) is 42.3 Å². The van der Waals surface area contributed by atoms with Gasteiger partial charge in [-0.15, -0.1) is 22.7 Å². The highest BCUT2D eigenvalue weighted by atomic mass is 32.1. The molecule has 26 heavy (non-hydrogen) atoms. The van der Waals surface area contributed by atoms with Crippen LogP contribution in [0.2, 0.25) is 0 Å². The predicted molar refractivity (Wildman–Crippen MR) is 105 cm³/mol. The van der Waals surface area contributed by atoms with E-state index in [0.717, 1.165) is 16.0 Å². The normalized spacial score (nSPS) is 10.8. The fraction of sp³-hybridized carbons (Fsp3) is 0.105. The molecule has 0 bridgehead atoms. The number of nitrogens with zero attached hydrogens (tertiary/aromatic N) is 2. The Morgan fingerprint density at radius 3 is 2.54 bits per heavy atom. The van der Waals surface area contributed by atoms with Gasteiger partial charge in [-0.1, -0.05) is 35.0 Å². The van der Waals surface area contributed by atoms with E-state index in [1.54, 1.807) is 0 Å². The first kappa shape index (κ1) is 16.7. The van der Waals surface area contributed by atoms with Crippen molar-refractivity contribution in [3.8, 4) is 22.2 Å². The van der Waals surface area contributed by atoms with E-state index in [1.807, 2.05) is 61.0 Å². The summed E-state index contributed by atoms with van der Waals surface area (Å²) >= 11 is 2.87. The highest BCUT2D eigenvalue weighted by Gasteiger charge is 2.18. The first-order chi connectivity index (χ1) is 12.6. The molecule has 0 atom stereocenters. The molecule has 1 amide bonds. The first-order valence-electron chi connectivity index (χ1n) is 7.96. The predicted octanol–water partition coefficient (Wildman–Crippen LogP) is 5.40. The number of aryl methyl sites for hydroxylation is 2. The average Bonchev–Trinajstić information content (AvgIpc) is 3.35. The monoisotopic (exact) mass is 381 g/mol. The van der Waals surface area contributed by atoms with Crippen LogP contribution in [0.4, 0.5) is 5.69 Å². The van der Waals surface area contributed by atoms with E-state index in [-0.39, 0.29) is 5.91 Å². The van der Waals surface area contributed by atoms with Gasteiger partial charge in [0.25, 0.3) is 11.8 Å². The molecule has 7 heteroatoms. The Morgan fingerprint density at radius 2 is 1.81 bits per heavy atom. The molecule has 0 unspecified atom stereocenters. The number of nitrogens with one attached hydrogen (secondary N) is 1. The summed E-state index contributed by atoms with van der Waals surface area (Å²) in [4.78, 5) is 18.4. The maximum atomic E-state index is 12.5. The maximum absolute atomic E-state index is 12.5. The zero-order valence-corrected chi connectivity index (χ0v) is 15.8. The Labute approximate surface area is 158 Å². The topological polar surface area (TPSA) is 68.0 Å². The molecule has 3 heterocycles. The van der Waals surface area contributed by atoms with Crippen LogP contribution in [0, 0.1) is 13.8 Å². The standard InChI is InChI=1S/C19H15N3O2S2/c1-11-3-5-13(6-4-11)17-21-19(24-22-17)16-14(8-10-26-16)20-18(23)15-12(2)7-9-25-15/h3-10H,1-2H3,(H,20,23). The molecule has 0 aliphatic rings. The fourth-order valence-electron chi connectivity index (χ4n) is 2.49. The van der Waals surface area contributed by atoms with Crippen molar-refractivity contribution in [1.82, 2.24) is 10.1 Å². The van der Waals surface area contributed by atoms with Crippen LogP contribution in [0.5, 0.6) is 0 Å². The number of benzene rings is 1. The largest absolute Gasteiger partial charge is 0.333 e. The summed E-state index contributed by atoms with van der Waals surface area (Å²) in [6.07, 6.45) is 0. The molecule has 1 aromatic carbocycles. The van der Waals surface area contributed by atoms with Crippen LogP contribution in [0.3, 0.4) is 0 Å². The maximum Gasteiger partial charge on any atom is 0.270 e. The third-order valence-corrected chi connectivity index (χ3v) is 5.83. The van der Waals surface area contributed by atoms with Gasteiger partial charge >= 0.3 is 0 Å². The van der Waals surface area contributed by atoms with Gasteiger partial charge in [-0.3, -0.25) is 4.79 Å². The number of aromatic nitrogens is 2. The molecule has 0 fully saturated rings. The number of rotatable bonds is 4. The summed E-state index contributed by atoms with van der Waals surface area (Å²) in [5, 5.41) is 10.8. The highest BCUT2D eigenvalue weighted by Crippen LogP contribution is 2.34. The number of amides is 1. The second-order valence-corrected chi connectivity index (χ2v) is 7.67. The molecular weight excluding hydrogens is 366 g/mol. The number of thiophene rings is 2. The zero-order valence-electron chi connectivity index (χ0n) is 14.1. The van der Waals surface area contributed by atoms with Crippen molar-refractivity contribution >= 4 is 34.3 Å². The Hall–Kier alpha value is -2.77. The summed E-state index contributed by atoms with van der Waals surface area (Å²) < 4.78 is 5.43. The molecular formula is C19H15N3O2S2. The Morgan fingerprint density at radius 1 is 1.04 bits per heavy atom. The summed E-state index contributed by atoms with van der Waals surface area (Å²) in [5.41, 5.74) is 3.70. The van der Waals surface area contributed by atoms with E-state index in [2.05, 4.69) is 15.5 Å². The molecule has 1 N–H and O–H groups in total. The summed E-state index contributed by atoms with van der Waals surface area (Å²) in [7, 11) is 0. The van der Waals surface area contributed by atoms with E-state index >= 15 is 0 Å². The number of hydrogen-bond acceptors (Lipinski definition) is 6. The van der Waals surface area contributed by atoms with E-state index in [1.165, 1.54) is 28.2 Å². The van der Waals surface area contributed by atoms with Gasteiger partial charge in [-0.2, -0.15) is 4.98 Å². The molecule has 4 rings (SSSR count). The lowest BCUT2D eigenvalue weighted by Crippen LogP contribution is -2.11. The van der Waals surface area contributed by atoms with Crippen molar-refractivity contribution in [3.63, 3.8) is 0 Å². The minimum Gasteiger partial charge on any atom is -0.333 e. The van der Waals surface area contributed by atoms with Crippen molar-refractivity contribution in [1.29, 1.82) is 0 Å². The van der Waals surface area contributed by atoms with Crippen LogP contribution in [0.15, 0.2) is 51.7 Å². The minimum atomic E-state index is -0.129. The highest BCUT2D eigenvalue weighted by molar-refractivity contribution is 7.14. The Kier molecular flexibility index (Phi) is 4.40. The van der Waals surface area contributed by atoms with Gasteiger partial charge in [-0.25, -0.2) is 0 Å². The molecule has 5 nitrogen and oxygen atoms in total. The van der Waals surface area contributed by atoms with Crippen LogP contribution in [-0.4, -0.2) is 16.0 Å². The number of anilines is 1. The van der Waals surface area contributed by atoms with Crippen LogP contribution in [-0.2, 0) is 0 Å². The zero-order chi connectivity index (χ0) is 18.1. The molecule has 4 aromatic rings. The third kappa shape index (κ3) is 3.18. The third-order valence-electron chi connectivity index (χ3n) is 3.91. The molecule has 0 aliphatic heterocycles. The van der Waals surface area contributed by atoms with Crippen molar-refractivity contribution in [2.45, 2.75) is 13.8 Å². The van der Waals surface area contributed by atoms with Crippen LogP contribution in [0.25, 0.3) is 22.2 Å². The van der Waals surface area contributed by atoms with E-state index in [0.29, 0.717) is 22.3 Å². The summed E-state index contributed by atoms with van der Waals surface area (Å²) in [6, 6.07) is 11.7. The van der Waals surface area contributed by atoms with E-state index in [9.17, 15) is 4.79 Å². The van der Waals surface area contributed by atoms with Gasteiger partial charge in [0.05, 0.1) is 10.6 Å². The molecule has 130 valence electrons. The van der Waals surface area contributed by atoms with Crippen molar-refractivity contribution < 1.29 is 9.32 Å². The quantitative estimate of drug-likeness (QED) is 0.514. The second-order valence-electron chi connectivity index (χ2n) is 5.84. The van der Waals surface area contributed by atoms with Crippen molar-refractivity contribution in [3.05, 3.63) is 63.2 Å². The van der Waals surface area contributed by atoms with E-state index < -0.39 is 0 Å². The molecule has 3 aromatic heterocycles. The lowest BCUT2D eigenvalue weighted by molar-refractivity contribution is 0.103. The lowest BCUT2D eigenvalue weighted by Gasteiger charge is -2.03. The second kappa shape index (κ2) is 6.86. The molecule has 0 aliphatic carbocycles. The SMILES string of the molecule is Cc1ccc(-c2noc(-c3sccc3NC(=O)c3sccc3C)n2)cc1. The van der Waals surface area contributed by atoms with Gasteiger partial charge in [0.1, 0.15) is 4.88 Å². The fourth-order valence-corrected chi connectivity index (χ4v) is 4.08. The number of hydrogen-bond donors (Lipinski definition) is 1.